The number of aliphatic imine (C=N–C) groups is 1. The molecule has 1 aromatic rings. The second-order valence-corrected chi connectivity index (χ2v) is 4.09. The SMILES string of the molecule is Fc1ccc(CCNC2=NCCCC2)cc1. The van der Waals surface area contributed by atoms with Gasteiger partial charge in [-0.15, -0.1) is 0 Å². The first-order valence-corrected chi connectivity index (χ1v) is 5.86. The topological polar surface area (TPSA) is 24.4 Å². The number of amidine groups is 1. The van der Waals surface area contributed by atoms with Crippen molar-refractivity contribution in [2.24, 2.45) is 4.99 Å². The molecule has 0 aliphatic carbocycles. The molecular formula is C13H17FN2. The number of nitrogens with one attached hydrogen (secondary N) is 1. The number of benzene rings is 1. The largest absolute Gasteiger partial charge is 0.374 e. The molecule has 0 bridgehead atoms. The van der Waals surface area contributed by atoms with E-state index < -0.39 is 0 Å². The third-order valence-electron chi connectivity index (χ3n) is 2.78. The van der Waals surface area contributed by atoms with Crippen molar-refractivity contribution in [2.45, 2.75) is 25.7 Å². The molecule has 2 rings (SSSR count). The van der Waals surface area contributed by atoms with E-state index in [9.17, 15) is 4.39 Å². The predicted molar refractivity (Wildman–Crippen MR) is 64.3 cm³/mol. The van der Waals surface area contributed by atoms with Crippen LogP contribution in [0.3, 0.4) is 0 Å². The Hall–Kier alpha value is -1.38. The molecule has 3 heteroatoms. The number of halogens is 1. The molecule has 0 unspecified atom stereocenters. The minimum Gasteiger partial charge on any atom is -0.374 e. The lowest BCUT2D eigenvalue weighted by Gasteiger charge is -2.13. The lowest BCUT2D eigenvalue weighted by molar-refractivity contribution is 0.626. The van der Waals surface area contributed by atoms with Crippen LogP contribution in [-0.4, -0.2) is 18.9 Å². The highest BCUT2D eigenvalue weighted by Gasteiger charge is 2.03. The Balaban J connectivity index is 1.75. The van der Waals surface area contributed by atoms with Crippen molar-refractivity contribution in [1.82, 2.24) is 5.32 Å². The number of nitrogens with zero attached hydrogens (tertiary/aromatic N) is 1. The van der Waals surface area contributed by atoms with E-state index in [4.69, 9.17) is 0 Å². The fourth-order valence-electron chi connectivity index (χ4n) is 1.84. The summed E-state index contributed by atoms with van der Waals surface area (Å²) in [5.41, 5.74) is 1.16. The summed E-state index contributed by atoms with van der Waals surface area (Å²) in [5, 5.41) is 3.34. The predicted octanol–water partition coefficient (Wildman–Crippen LogP) is 2.54. The maximum Gasteiger partial charge on any atom is 0.123 e. The molecule has 16 heavy (non-hydrogen) atoms. The van der Waals surface area contributed by atoms with Crippen molar-refractivity contribution in [1.29, 1.82) is 0 Å². The average molecular weight is 220 g/mol. The van der Waals surface area contributed by atoms with E-state index in [2.05, 4.69) is 10.3 Å². The molecule has 1 aliphatic heterocycles. The average Bonchev–Trinajstić information content (AvgIpc) is 2.33. The van der Waals surface area contributed by atoms with E-state index in [1.54, 1.807) is 0 Å². The molecule has 0 radical (unpaired) electrons. The highest BCUT2D eigenvalue weighted by Crippen LogP contribution is 2.05. The van der Waals surface area contributed by atoms with Gasteiger partial charge in [0.05, 0.1) is 5.84 Å². The minimum atomic E-state index is -0.173. The standard InChI is InChI=1S/C13H17FN2/c14-12-6-4-11(5-7-12)8-10-16-13-3-1-2-9-15-13/h4-7H,1-3,8-10H2,(H,15,16). The molecule has 2 nitrogen and oxygen atoms in total. The van der Waals surface area contributed by atoms with Gasteiger partial charge < -0.3 is 5.32 Å². The summed E-state index contributed by atoms with van der Waals surface area (Å²) in [5.74, 6) is 0.960. The maximum atomic E-state index is 12.7. The molecule has 0 atom stereocenters. The molecule has 0 spiro atoms. The van der Waals surface area contributed by atoms with Gasteiger partial charge in [0, 0.05) is 19.5 Å². The van der Waals surface area contributed by atoms with Gasteiger partial charge in [-0.1, -0.05) is 12.1 Å². The quantitative estimate of drug-likeness (QED) is 0.831. The summed E-state index contributed by atoms with van der Waals surface area (Å²) >= 11 is 0. The first-order chi connectivity index (χ1) is 7.84. The molecule has 0 aromatic heterocycles. The van der Waals surface area contributed by atoms with Gasteiger partial charge in [-0.05, 0) is 37.0 Å². The van der Waals surface area contributed by atoms with Crippen LogP contribution in [0, 0.1) is 5.82 Å². The summed E-state index contributed by atoms with van der Waals surface area (Å²) in [7, 11) is 0. The first-order valence-electron chi connectivity index (χ1n) is 5.86. The monoisotopic (exact) mass is 220 g/mol. The van der Waals surface area contributed by atoms with Gasteiger partial charge >= 0.3 is 0 Å². The van der Waals surface area contributed by atoms with Crippen molar-refractivity contribution >= 4 is 5.84 Å². The molecule has 1 N–H and O–H groups in total. The molecule has 0 fully saturated rings. The molecule has 0 amide bonds. The number of hydrogen-bond donors (Lipinski definition) is 1. The Morgan fingerprint density at radius 2 is 2.00 bits per heavy atom. The van der Waals surface area contributed by atoms with Crippen molar-refractivity contribution < 1.29 is 4.39 Å². The van der Waals surface area contributed by atoms with Gasteiger partial charge in [0.25, 0.3) is 0 Å². The summed E-state index contributed by atoms with van der Waals surface area (Å²) in [6, 6.07) is 6.68. The lowest BCUT2D eigenvalue weighted by atomic mass is 10.1. The molecule has 0 saturated heterocycles. The zero-order valence-corrected chi connectivity index (χ0v) is 9.38. The molecule has 1 heterocycles. The summed E-state index contributed by atoms with van der Waals surface area (Å²) < 4.78 is 12.7. The normalized spacial score (nSPS) is 15.7. The Labute approximate surface area is 95.6 Å². The van der Waals surface area contributed by atoms with E-state index >= 15 is 0 Å². The number of hydrogen-bond acceptors (Lipinski definition) is 2. The fourth-order valence-corrected chi connectivity index (χ4v) is 1.84. The Bertz CT molecular complexity index is 357. The van der Waals surface area contributed by atoms with Crippen LogP contribution in [0.5, 0.6) is 0 Å². The maximum absolute atomic E-state index is 12.7. The summed E-state index contributed by atoms with van der Waals surface area (Å²) in [6.07, 6.45) is 4.44. The van der Waals surface area contributed by atoms with Gasteiger partial charge in [-0.25, -0.2) is 4.39 Å². The minimum absolute atomic E-state index is 0.173. The third-order valence-corrected chi connectivity index (χ3v) is 2.78. The molecule has 0 saturated carbocycles. The zero-order chi connectivity index (χ0) is 11.2. The van der Waals surface area contributed by atoms with E-state index in [1.807, 2.05) is 12.1 Å². The van der Waals surface area contributed by atoms with Crippen molar-refractivity contribution in [3.63, 3.8) is 0 Å². The van der Waals surface area contributed by atoms with Crippen LogP contribution in [0.2, 0.25) is 0 Å². The van der Waals surface area contributed by atoms with Crippen LogP contribution in [0.1, 0.15) is 24.8 Å². The molecule has 1 aliphatic rings. The molecule has 86 valence electrons. The summed E-state index contributed by atoms with van der Waals surface area (Å²) in [4.78, 5) is 4.42. The van der Waals surface area contributed by atoms with Crippen LogP contribution >= 0.6 is 0 Å². The van der Waals surface area contributed by atoms with Crippen molar-refractivity contribution in [3.05, 3.63) is 35.6 Å². The molecule has 1 aromatic carbocycles. The second kappa shape index (κ2) is 5.64. The highest BCUT2D eigenvalue weighted by atomic mass is 19.1. The zero-order valence-electron chi connectivity index (χ0n) is 9.38. The number of rotatable bonds is 3. The Kier molecular flexibility index (Phi) is 3.91. The van der Waals surface area contributed by atoms with Crippen LogP contribution in [0.15, 0.2) is 29.3 Å². The van der Waals surface area contributed by atoms with Crippen LogP contribution in [0.25, 0.3) is 0 Å². The first kappa shape index (κ1) is 11.1. The third kappa shape index (κ3) is 3.33. The second-order valence-electron chi connectivity index (χ2n) is 4.09. The van der Waals surface area contributed by atoms with Crippen molar-refractivity contribution in [2.75, 3.05) is 13.1 Å². The lowest BCUT2D eigenvalue weighted by Crippen LogP contribution is -2.27. The van der Waals surface area contributed by atoms with Crippen LogP contribution < -0.4 is 5.32 Å². The van der Waals surface area contributed by atoms with Gasteiger partial charge in [0.2, 0.25) is 0 Å². The Morgan fingerprint density at radius 1 is 1.19 bits per heavy atom. The van der Waals surface area contributed by atoms with E-state index in [1.165, 1.54) is 25.0 Å². The fraction of sp³-hybridized carbons (Fsp3) is 0.462. The van der Waals surface area contributed by atoms with Crippen molar-refractivity contribution in [3.8, 4) is 0 Å². The van der Waals surface area contributed by atoms with Gasteiger partial charge in [-0.3, -0.25) is 4.99 Å². The Morgan fingerprint density at radius 3 is 2.69 bits per heavy atom. The van der Waals surface area contributed by atoms with E-state index in [0.717, 1.165) is 37.3 Å². The molecular weight excluding hydrogens is 203 g/mol. The van der Waals surface area contributed by atoms with Gasteiger partial charge in [0.15, 0.2) is 0 Å². The van der Waals surface area contributed by atoms with E-state index in [-0.39, 0.29) is 5.82 Å². The van der Waals surface area contributed by atoms with Gasteiger partial charge in [0.1, 0.15) is 5.82 Å². The van der Waals surface area contributed by atoms with Gasteiger partial charge in [-0.2, -0.15) is 0 Å². The van der Waals surface area contributed by atoms with Crippen LogP contribution in [-0.2, 0) is 6.42 Å². The summed E-state index contributed by atoms with van der Waals surface area (Å²) in [6.45, 7) is 1.84. The van der Waals surface area contributed by atoms with Crippen LogP contribution in [0.4, 0.5) is 4.39 Å². The van der Waals surface area contributed by atoms with E-state index in [0.29, 0.717) is 0 Å². The highest BCUT2D eigenvalue weighted by molar-refractivity contribution is 5.82. The smallest absolute Gasteiger partial charge is 0.123 e.